The summed E-state index contributed by atoms with van der Waals surface area (Å²) in [5.74, 6) is 2.30. The van der Waals surface area contributed by atoms with E-state index in [9.17, 15) is 9.59 Å². The van der Waals surface area contributed by atoms with Gasteiger partial charge in [0.1, 0.15) is 0 Å². The van der Waals surface area contributed by atoms with E-state index in [-0.39, 0.29) is 23.8 Å². The van der Waals surface area contributed by atoms with E-state index in [0.29, 0.717) is 44.0 Å². The van der Waals surface area contributed by atoms with Crippen LogP contribution in [0, 0.1) is 30.1 Å². The quantitative estimate of drug-likeness (QED) is 0.452. The van der Waals surface area contributed by atoms with Crippen molar-refractivity contribution in [1.82, 2.24) is 9.80 Å². The Hall–Kier alpha value is -2.18. The van der Waals surface area contributed by atoms with Crippen LogP contribution in [0.1, 0.15) is 53.8 Å². The van der Waals surface area contributed by atoms with Gasteiger partial charge in [0.25, 0.3) is 0 Å². The van der Waals surface area contributed by atoms with Crippen molar-refractivity contribution in [2.24, 2.45) is 23.2 Å². The van der Waals surface area contributed by atoms with Crippen LogP contribution in [0.5, 0.6) is 0 Å². The lowest BCUT2D eigenvalue weighted by atomic mass is 9.49. The van der Waals surface area contributed by atoms with E-state index < -0.39 is 0 Å². The minimum Gasteiger partial charge on any atom is -0.383 e. The molecule has 2 aromatic rings. The molecule has 0 N–H and O–H groups in total. The summed E-state index contributed by atoms with van der Waals surface area (Å²) in [5.41, 5.74) is 0.850. The lowest BCUT2D eigenvalue weighted by Gasteiger charge is -2.56. The zero-order valence-electron chi connectivity index (χ0n) is 21.1. The fourth-order valence-corrected chi connectivity index (χ4v) is 8.13. The average molecular weight is 495 g/mol. The molecule has 0 aliphatic heterocycles. The third-order valence-corrected chi connectivity index (χ3v) is 9.37. The number of hydrogen-bond acceptors (Lipinski definition) is 4. The Bertz CT molecular complexity index is 998. The van der Waals surface area contributed by atoms with Crippen molar-refractivity contribution < 1.29 is 14.3 Å². The molecule has 4 fully saturated rings. The molecular weight excluding hydrogens is 456 g/mol. The van der Waals surface area contributed by atoms with Crippen molar-refractivity contribution in [2.45, 2.75) is 58.5 Å². The molecule has 1 heterocycles. The first-order valence-corrected chi connectivity index (χ1v) is 13.9. The molecule has 2 amide bonds. The second-order valence-electron chi connectivity index (χ2n) is 11.2. The van der Waals surface area contributed by atoms with E-state index in [1.807, 2.05) is 28.0 Å². The summed E-state index contributed by atoms with van der Waals surface area (Å²) in [4.78, 5) is 34.0. The molecule has 4 aliphatic rings. The van der Waals surface area contributed by atoms with Gasteiger partial charge in [0.2, 0.25) is 11.8 Å². The van der Waals surface area contributed by atoms with Crippen LogP contribution in [0.4, 0.5) is 0 Å². The Morgan fingerprint density at radius 2 is 1.60 bits per heavy atom. The molecule has 4 bridgehead atoms. The van der Waals surface area contributed by atoms with Crippen LogP contribution in [-0.2, 0) is 27.4 Å². The van der Waals surface area contributed by atoms with Crippen LogP contribution in [0.15, 0.2) is 42.5 Å². The molecule has 0 unspecified atom stereocenters. The zero-order valence-corrected chi connectivity index (χ0v) is 21.9. The molecule has 6 rings (SSSR count). The van der Waals surface area contributed by atoms with Crippen molar-refractivity contribution in [2.75, 3.05) is 26.8 Å². The van der Waals surface area contributed by atoms with Crippen molar-refractivity contribution >= 4 is 23.2 Å². The fourth-order valence-electron chi connectivity index (χ4n) is 7.22. The lowest BCUT2D eigenvalue weighted by Crippen LogP contribution is -2.56. The minimum atomic E-state index is -0.252. The molecule has 0 spiro atoms. The topological polar surface area (TPSA) is 49.9 Å². The molecule has 0 radical (unpaired) electrons. The highest BCUT2D eigenvalue weighted by atomic mass is 32.1. The number of methoxy groups -OCH3 is 1. The molecule has 188 valence electrons. The van der Waals surface area contributed by atoms with E-state index in [0.717, 1.165) is 24.8 Å². The maximum absolute atomic E-state index is 14.1. The summed E-state index contributed by atoms with van der Waals surface area (Å²) >= 11 is 1.73. The van der Waals surface area contributed by atoms with Gasteiger partial charge in [0, 0.05) is 30.0 Å². The third kappa shape index (κ3) is 5.49. The minimum absolute atomic E-state index is 0.00841. The molecule has 4 aliphatic carbocycles. The molecular formula is C29H38N2O3S. The van der Waals surface area contributed by atoms with Crippen LogP contribution in [-0.4, -0.2) is 48.4 Å². The van der Waals surface area contributed by atoms with E-state index in [1.165, 1.54) is 29.0 Å². The van der Waals surface area contributed by atoms with Gasteiger partial charge in [-0.1, -0.05) is 30.3 Å². The summed E-state index contributed by atoms with van der Waals surface area (Å²) in [6.45, 7) is 4.25. The summed E-state index contributed by atoms with van der Waals surface area (Å²) < 4.78 is 5.36. The first-order chi connectivity index (χ1) is 16.9. The maximum atomic E-state index is 14.1. The largest absolute Gasteiger partial charge is 0.383 e. The number of amides is 2. The summed E-state index contributed by atoms with van der Waals surface area (Å²) in [6, 6.07) is 14.3. The number of benzene rings is 1. The Morgan fingerprint density at radius 1 is 0.943 bits per heavy atom. The Labute approximate surface area is 213 Å². The van der Waals surface area contributed by atoms with Gasteiger partial charge in [-0.3, -0.25) is 9.59 Å². The van der Waals surface area contributed by atoms with E-state index in [1.54, 1.807) is 18.4 Å². The molecule has 4 saturated carbocycles. The first kappa shape index (κ1) is 24.5. The summed E-state index contributed by atoms with van der Waals surface area (Å²) in [7, 11) is 1.66. The smallest absolute Gasteiger partial charge is 0.242 e. The lowest BCUT2D eigenvalue weighted by molar-refractivity contribution is -0.161. The zero-order chi connectivity index (χ0) is 24.4. The first-order valence-electron chi connectivity index (χ1n) is 13.1. The second-order valence-corrected chi connectivity index (χ2v) is 12.5. The van der Waals surface area contributed by atoms with Crippen LogP contribution in [0.25, 0.3) is 0 Å². The number of carbonyl (C=O) groups is 2. The standard InChI is InChI=1S/C29H38N2O3S/c1-21-8-9-26(35-21)19-31(18-22-6-4-3-5-7-22)27(32)20-30(10-11-34-2)28(33)29-15-23-12-24(16-29)14-25(13-23)17-29/h3-9,23-25H,10-20H2,1-2H3. The number of ether oxygens (including phenoxy) is 1. The number of hydrogen-bond donors (Lipinski definition) is 0. The third-order valence-electron chi connectivity index (χ3n) is 8.38. The molecule has 0 atom stereocenters. The number of aryl methyl sites for hydroxylation is 1. The van der Waals surface area contributed by atoms with Crippen LogP contribution in [0.2, 0.25) is 0 Å². The Kier molecular flexibility index (Phi) is 7.31. The van der Waals surface area contributed by atoms with Crippen LogP contribution < -0.4 is 0 Å². The molecule has 5 nitrogen and oxygen atoms in total. The van der Waals surface area contributed by atoms with Gasteiger partial charge in [-0.25, -0.2) is 0 Å². The summed E-state index contributed by atoms with van der Waals surface area (Å²) in [5, 5.41) is 0. The van der Waals surface area contributed by atoms with E-state index >= 15 is 0 Å². The number of thiophene rings is 1. The summed E-state index contributed by atoms with van der Waals surface area (Å²) in [6.07, 6.45) is 6.94. The van der Waals surface area contributed by atoms with E-state index in [2.05, 4.69) is 31.2 Å². The second kappa shape index (κ2) is 10.4. The Morgan fingerprint density at radius 3 is 2.17 bits per heavy atom. The predicted molar refractivity (Wildman–Crippen MR) is 139 cm³/mol. The number of carbonyl (C=O) groups excluding carboxylic acids is 2. The highest BCUT2D eigenvalue weighted by Gasteiger charge is 2.55. The predicted octanol–water partition coefficient (Wildman–Crippen LogP) is 5.28. The molecule has 1 aromatic carbocycles. The van der Waals surface area contributed by atoms with Gasteiger partial charge in [0.05, 0.1) is 25.1 Å². The van der Waals surface area contributed by atoms with Gasteiger partial charge < -0.3 is 14.5 Å². The van der Waals surface area contributed by atoms with Gasteiger partial charge in [0.15, 0.2) is 0 Å². The van der Waals surface area contributed by atoms with Crippen molar-refractivity contribution in [3.05, 3.63) is 57.8 Å². The van der Waals surface area contributed by atoms with Crippen molar-refractivity contribution in [1.29, 1.82) is 0 Å². The van der Waals surface area contributed by atoms with Crippen molar-refractivity contribution in [3.8, 4) is 0 Å². The maximum Gasteiger partial charge on any atom is 0.242 e. The molecule has 1 aromatic heterocycles. The molecule has 35 heavy (non-hydrogen) atoms. The Balaban J connectivity index is 1.34. The molecule has 6 heteroatoms. The van der Waals surface area contributed by atoms with Crippen molar-refractivity contribution in [3.63, 3.8) is 0 Å². The molecule has 0 saturated heterocycles. The van der Waals surface area contributed by atoms with Gasteiger partial charge >= 0.3 is 0 Å². The SMILES string of the molecule is COCCN(CC(=O)N(Cc1ccccc1)Cc1ccc(C)s1)C(=O)C12CC3CC(CC(C3)C1)C2. The van der Waals surface area contributed by atoms with Gasteiger partial charge in [-0.2, -0.15) is 0 Å². The van der Waals surface area contributed by atoms with Crippen LogP contribution in [0.3, 0.4) is 0 Å². The van der Waals surface area contributed by atoms with Gasteiger partial charge in [-0.05, 0) is 80.9 Å². The highest BCUT2D eigenvalue weighted by molar-refractivity contribution is 7.11. The monoisotopic (exact) mass is 494 g/mol. The number of rotatable bonds is 10. The average Bonchev–Trinajstić information content (AvgIpc) is 3.25. The number of nitrogens with zero attached hydrogens (tertiary/aromatic N) is 2. The van der Waals surface area contributed by atoms with E-state index in [4.69, 9.17) is 4.74 Å². The van der Waals surface area contributed by atoms with Gasteiger partial charge in [-0.15, -0.1) is 11.3 Å². The van der Waals surface area contributed by atoms with Crippen LogP contribution >= 0.6 is 11.3 Å². The fraction of sp³-hybridized carbons (Fsp3) is 0.586. The normalized spacial score (nSPS) is 26.6. The highest BCUT2D eigenvalue weighted by Crippen LogP contribution is 2.60.